The molecule has 0 spiro atoms. The number of amides is 1. The Morgan fingerprint density at radius 2 is 2.08 bits per heavy atom. The monoisotopic (exact) mass is 351 g/mol. The Hall–Kier alpha value is -3.16. The van der Waals surface area contributed by atoms with E-state index in [-0.39, 0.29) is 11.9 Å². The largest absolute Gasteiger partial charge is 0.338 e. The molecule has 0 aliphatic carbocycles. The molecule has 0 bridgehead atoms. The minimum Gasteiger partial charge on any atom is -0.338 e. The lowest BCUT2D eigenvalue weighted by atomic mass is 10.1. The van der Waals surface area contributed by atoms with Crippen molar-refractivity contribution in [1.82, 2.24) is 29.4 Å². The lowest BCUT2D eigenvalue weighted by Crippen LogP contribution is -2.50. The molecule has 8 nitrogen and oxygen atoms in total. The molecule has 4 heterocycles. The molecule has 26 heavy (non-hydrogen) atoms. The Morgan fingerprint density at radius 1 is 1.23 bits per heavy atom. The van der Waals surface area contributed by atoms with Crippen molar-refractivity contribution in [1.29, 1.82) is 0 Å². The van der Waals surface area contributed by atoms with E-state index in [9.17, 15) is 4.79 Å². The molecule has 1 aliphatic heterocycles. The van der Waals surface area contributed by atoms with Crippen LogP contribution in [0.15, 0.2) is 43.1 Å². The van der Waals surface area contributed by atoms with Crippen LogP contribution in [0.4, 0.5) is 11.5 Å². The van der Waals surface area contributed by atoms with E-state index in [1.807, 2.05) is 54.3 Å². The molecule has 1 amide bonds. The van der Waals surface area contributed by atoms with E-state index in [0.717, 1.165) is 35.7 Å². The molecule has 0 radical (unpaired) electrons. The number of likely N-dealkylation sites (tertiary alicyclic amines) is 1. The average molecular weight is 351 g/mol. The predicted molar refractivity (Wildman–Crippen MR) is 97.9 cm³/mol. The van der Waals surface area contributed by atoms with E-state index in [1.165, 1.54) is 0 Å². The van der Waals surface area contributed by atoms with E-state index < -0.39 is 0 Å². The second-order valence-corrected chi connectivity index (χ2v) is 6.47. The first-order chi connectivity index (χ1) is 12.6. The van der Waals surface area contributed by atoms with Crippen molar-refractivity contribution in [2.24, 2.45) is 7.05 Å². The normalized spacial score (nSPS) is 14.3. The first kappa shape index (κ1) is 16.3. The second kappa shape index (κ2) is 6.62. The van der Waals surface area contributed by atoms with Crippen LogP contribution in [0.1, 0.15) is 19.4 Å². The number of anilines is 2. The fourth-order valence-electron chi connectivity index (χ4n) is 3.05. The number of rotatable bonds is 5. The number of nitrogens with one attached hydrogen (secondary N) is 1. The molecule has 3 aromatic rings. The third-order valence-corrected chi connectivity index (χ3v) is 4.56. The smallest absolute Gasteiger partial charge is 0.222 e. The van der Waals surface area contributed by atoms with Crippen LogP contribution in [0, 0.1) is 0 Å². The van der Waals surface area contributed by atoms with Crippen molar-refractivity contribution in [3.8, 4) is 11.1 Å². The molecular formula is C18H21N7O. The summed E-state index contributed by atoms with van der Waals surface area (Å²) in [7, 11) is 1.87. The van der Waals surface area contributed by atoms with Crippen LogP contribution in [0.25, 0.3) is 11.1 Å². The molecule has 8 heteroatoms. The van der Waals surface area contributed by atoms with E-state index in [2.05, 4.69) is 20.5 Å². The highest BCUT2D eigenvalue weighted by atomic mass is 16.2. The van der Waals surface area contributed by atoms with Gasteiger partial charge in [-0.3, -0.25) is 14.2 Å². The Kier molecular flexibility index (Phi) is 4.16. The summed E-state index contributed by atoms with van der Waals surface area (Å²) >= 11 is 0. The summed E-state index contributed by atoms with van der Waals surface area (Å²) in [6.07, 6.45) is 9.87. The van der Waals surface area contributed by atoms with Gasteiger partial charge in [0.15, 0.2) is 0 Å². The van der Waals surface area contributed by atoms with Crippen molar-refractivity contribution < 1.29 is 4.79 Å². The van der Waals surface area contributed by atoms with Gasteiger partial charge in [-0.1, -0.05) is 6.92 Å². The van der Waals surface area contributed by atoms with Gasteiger partial charge in [-0.05, 0) is 17.7 Å². The van der Waals surface area contributed by atoms with E-state index in [0.29, 0.717) is 6.42 Å². The topological polar surface area (TPSA) is 80.9 Å². The van der Waals surface area contributed by atoms with Gasteiger partial charge in [0.2, 0.25) is 5.91 Å². The highest BCUT2D eigenvalue weighted by Crippen LogP contribution is 2.26. The maximum absolute atomic E-state index is 11.7. The molecule has 1 fully saturated rings. The third kappa shape index (κ3) is 3.17. The number of hydrogen-bond donors (Lipinski definition) is 1. The third-order valence-electron chi connectivity index (χ3n) is 4.56. The first-order valence-electron chi connectivity index (χ1n) is 8.66. The summed E-state index contributed by atoms with van der Waals surface area (Å²) in [4.78, 5) is 17.9. The maximum atomic E-state index is 11.7. The standard InChI is InChI=1S/C18H21N7O/c1-3-18(26)24-11-16(12-24)25-9-14(7-21-25)13-4-5-19-17(6-13)22-15-8-20-23(2)10-15/h4-10,16H,3,11-12H2,1-2H3,(H,19,22). The number of pyridine rings is 1. The van der Waals surface area contributed by atoms with E-state index in [4.69, 9.17) is 0 Å². The van der Waals surface area contributed by atoms with Gasteiger partial charge in [-0.25, -0.2) is 4.98 Å². The minimum absolute atomic E-state index is 0.203. The highest BCUT2D eigenvalue weighted by Gasteiger charge is 2.31. The SMILES string of the molecule is CCC(=O)N1CC(n2cc(-c3ccnc(Nc4cnn(C)c4)c3)cn2)C1. The maximum Gasteiger partial charge on any atom is 0.222 e. The van der Waals surface area contributed by atoms with Gasteiger partial charge < -0.3 is 10.2 Å². The van der Waals surface area contributed by atoms with Crippen molar-refractivity contribution in [2.75, 3.05) is 18.4 Å². The van der Waals surface area contributed by atoms with Gasteiger partial charge in [0.25, 0.3) is 0 Å². The quantitative estimate of drug-likeness (QED) is 0.762. The molecule has 0 unspecified atom stereocenters. The van der Waals surface area contributed by atoms with Gasteiger partial charge >= 0.3 is 0 Å². The highest BCUT2D eigenvalue weighted by molar-refractivity contribution is 5.76. The number of carbonyl (C=O) groups excluding carboxylic acids is 1. The first-order valence-corrected chi connectivity index (χ1v) is 8.66. The van der Waals surface area contributed by atoms with Crippen LogP contribution in [0.3, 0.4) is 0 Å². The van der Waals surface area contributed by atoms with Crippen LogP contribution in [-0.4, -0.2) is 48.4 Å². The van der Waals surface area contributed by atoms with Gasteiger partial charge in [0.1, 0.15) is 5.82 Å². The zero-order valence-corrected chi connectivity index (χ0v) is 14.8. The molecule has 1 saturated heterocycles. The lowest BCUT2D eigenvalue weighted by Gasteiger charge is -2.39. The summed E-state index contributed by atoms with van der Waals surface area (Å²) < 4.78 is 3.69. The van der Waals surface area contributed by atoms with Crippen molar-refractivity contribution in [3.05, 3.63) is 43.1 Å². The molecule has 0 saturated carbocycles. The van der Waals surface area contributed by atoms with Gasteiger partial charge in [0, 0.05) is 50.7 Å². The summed E-state index contributed by atoms with van der Waals surface area (Å²) in [6.45, 7) is 3.36. The Morgan fingerprint density at radius 3 is 2.81 bits per heavy atom. The zero-order valence-electron chi connectivity index (χ0n) is 14.8. The fourth-order valence-corrected chi connectivity index (χ4v) is 3.05. The fraction of sp³-hybridized carbons (Fsp3) is 0.333. The van der Waals surface area contributed by atoms with Gasteiger partial charge in [-0.2, -0.15) is 10.2 Å². The van der Waals surface area contributed by atoms with Crippen molar-refractivity contribution >= 4 is 17.4 Å². The minimum atomic E-state index is 0.203. The number of nitrogens with zero attached hydrogens (tertiary/aromatic N) is 6. The van der Waals surface area contributed by atoms with Gasteiger partial charge in [-0.15, -0.1) is 0 Å². The van der Waals surface area contributed by atoms with Crippen LogP contribution >= 0.6 is 0 Å². The summed E-state index contributed by atoms with van der Waals surface area (Å²) in [5.41, 5.74) is 2.96. The summed E-state index contributed by atoms with van der Waals surface area (Å²) in [6, 6.07) is 4.21. The van der Waals surface area contributed by atoms with Crippen LogP contribution in [-0.2, 0) is 11.8 Å². The molecule has 0 aromatic carbocycles. The zero-order chi connectivity index (χ0) is 18.1. The Labute approximate surface area is 151 Å². The summed E-state index contributed by atoms with van der Waals surface area (Å²) in [5.74, 6) is 0.959. The second-order valence-electron chi connectivity index (χ2n) is 6.47. The average Bonchev–Trinajstić information content (AvgIpc) is 3.23. The number of aromatic nitrogens is 5. The van der Waals surface area contributed by atoms with Crippen molar-refractivity contribution in [2.45, 2.75) is 19.4 Å². The Balaban J connectivity index is 1.46. The molecule has 4 rings (SSSR count). The number of aryl methyl sites for hydroxylation is 1. The van der Waals surface area contributed by atoms with Crippen LogP contribution in [0.2, 0.25) is 0 Å². The molecular weight excluding hydrogens is 330 g/mol. The molecule has 1 N–H and O–H groups in total. The van der Waals surface area contributed by atoms with Crippen LogP contribution < -0.4 is 5.32 Å². The molecule has 134 valence electrons. The van der Waals surface area contributed by atoms with E-state index >= 15 is 0 Å². The molecule has 3 aromatic heterocycles. The van der Waals surface area contributed by atoms with Crippen molar-refractivity contribution in [3.63, 3.8) is 0 Å². The number of hydrogen-bond acceptors (Lipinski definition) is 5. The van der Waals surface area contributed by atoms with E-state index in [1.54, 1.807) is 17.1 Å². The molecule has 0 atom stereocenters. The lowest BCUT2D eigenvalue weighted by molar-refractivity contribution is -0.136. The molecule has 1 aliphatic rings. The summed E-state index contributed by atoms with van der Waals surface area (Å²) in [5, 5.41) is 11.9. The Bertz CT molecular complexity index is 923. The predicted octanol–water partition coefficient (Wildman–Crippen LogP) is 2.22. The number of carbonyl (C=O) groups is 1. The van der Waals surface area contributed by atoms with Gasteiger partial charge in [0.05, 0.1) is 24.1 Å². The van der Waals surface area contributed by atoms with Crippen LogP contribution in [0.5, 0.6) is 0 Å².